The lowest BCUT2D eigenvalue weighted by atomic mass is 10.1. The van der Waals surface area contributed by atoms with Gasteiger partial charge in [0.25, 0.3) is 0 Å². The molecule has 0 spiro atoms. The predicted octanol–water partition coefficient (Wildman–Crippen LogP) is 4.29. The highest BCUT2D eigenvalue weighted by atomic mass is 15.3. The number of hydrogen-bond donors (Lipinski definition) is 2. The summed E-state index contributed by atoms with van der Waals surface area (Å²) in [6.07, 6.45) is 1.87. The van der Waals surface area contributed by atoms with Crippen LogP contribution in [-0.2, 0) is 6.54 Å². The van der Waals surface area contributed by atoms with E-state index in [9.17, 15) is 0 Å². The number of nitrogens with one attached hydrogen (secondary N) is 2. The van der Waals surface area contributed by atoms with Gasteiger partial charge in [0.2, 0.25) is 5.95 Å². The number of hydrazone groups is 1. The van der Waals surface area contributed by atoms with E-state index in [0.29, 0.717) is 5.95 Å². The van der Waals surface area contributed by atoms with Crippen LogP contribution >= 0.6 is 0 Å². The van der Waals surface area contributed by atoms with Crippen molar-refractivity contribution in [3.05, 3.63) is 59.8 Å². The zero-order valence-corrected chi connectivity index (χ0v) is 13.7. The molecule has 5 nitrogen and oxygen atoms in total. The van der Waals surface area contributed by atoms with E-state index in [-0.39, 0.29) is 0 Å². The van der Waals surface area contributed by atoms with E-state index in [1.807, 2.05) is 30.5 Å². The van der Waals surface area contributed by atoms with Gasteiger partial charge in [-0.05, 0) is 32.0 Å². The Bertz CT molecular complexity index is 1010. The molecule has 0 unspecified atom stereocenters. The molecule has 0 atom stereocenters. The smallest absolute Gasteiger partial charge is 0.222 e. The van der Waals surface area contributed by atoms with Crippen LogP contribution < -0.4 is 5.43 Å². The Kier molecular flexibility index (Phi) is 3.54. The van der Waals surface area contributed by atoms with Gasteiger partial charge in [-0.25, -0.2) is 10.4 Å². The molecule has 0 saturated carbocycles. The number of nitrogens with zero attached hydrogens (tertiary/aromatic N) is 3. The molecule has 120 valence electrons. The molecule has 0 amide bonds. The van der Waals surface area contributed by atoms with Crippen molar-refractivity contribution in [1.82, 2.24) is 14.5 Å². The molecule has 5 heteroatoms. The first kappa shape index (κ1) is 14.5. The molecule has 0 bridgehead atoms. The highest BCUT2D eigenvalue weighted by molar-refractivity contribution is 6.01. The highest BCUT2D eigenvalue weighted by Crippen LogP contribution is 2.24. The second-order valence-corrected chi connectivity index (χ2v) is 5.73. The van der Waals surface area contributed by atoms with Gasteiger partial charge in [0.1, 0.15) is 0 Å². The molecule has 2 N–H and O–H groups in total. The van der Waals surface area contributed by atoms with Crippen molar-refractivity contribution >= 4 is 34.1 Å². The average molecular weight is 317 g/mol. The Morgan fingerprint density at radius 1 is 1.17 bits per heavy atom. The van der Waals surface area contributed by atoms with Gasteiger partial charge in [-0.1, -0.05) is 30.3 Å². The van der Waals surface area contributed by atoms with Crippen LogP contribution in [0.3, 0.4) is 0 Å². The van der Waals surface area contributed by atoms with Crippen LogP contribution in [0, 0.1) is 6.92 Å². The molecule has 2 aromatic carbocycles. The summed E-state index contributed by atoms with van der Waals surface area (Å²) in [6.45, 7) is 5.23. The van der Waals surface area contributed by atoms with Crippen LogP contribution in [-0.4, -0.2) is 20.7 Å². The minimum absolute atomic E-state index is 0.643. The fourth-order valence-corrected chi connectivity index (χ4v) is 3.19. The molecule has 0 aliphatic heterocycles. The number of aromatic amines is 1. The standard InChI is InChI=1S/C19H19N5/c1-3-24-13(2)15(14-8-4-7-11-18(14)24)12-20-23-19-21-16-9-5-6-10-17(16)22-19/h4-12H,3H2,1-2H3,(H2,21,22,23)/b20-12+. The minimum atomic E-state index is 0.643. The summed E-state index contributed by atoms with van der Waals surface area (Å²) in [5, 5.41) is 5.60. The number of H-pyrrole nitrogens is 1. The van der Waals surface area contributed by atoms with E-state index in [4.69, 9.17) is 0 Å². The lowest BCUT2D eigenvalue weighted by Gasteiger charge is -2.03. The van der Waals surface area contributed by atoms with E-state index < -0.39 is 0 Å². The Hall–Kier alpha value is -3.08. The van der Waals surface area contributed by atoms with Crippen LogP contribution in [0.2, 0.25) is 0 Å². The Morgan fingerprint density at radius 3 is 2.79 bits per heavy atom. The summed E-state index contributed by atoms with van der Waals surface area (Å²) in [5.74, 6) is 0.643. The molecular formula is C19H19N5. The van der Waals surface area contributed by atoms with E-state index in [2.05, 4.69) is 63.2 Å². The first-order valence-corrected chi connectivity index (χ1v) is 8.09. The van der Waals surface area contributed by atoms with Crippen molar-refractivity contribution < 1.29 is 0 Å². The Labute approximate surface area is 140 Å². The van der Waals surface area contributed by atoms with Gasteiger partial charge in [0, 0.05) is 28.7 Å². The molecule has 24 heavy (non-hydrogen) atoms. The number of benzene rings is 2. The zero-order chi connectivity index (χ0) is 16.5. The molecule has 0 aliphatic rings. The fraction of sp³-hybridized carbons (Fsp3) is 0.158. The maximum atomic E-state index is 4.46. The number of anilines is 1. The number of fused-ring (bicyclic) bond motifs is 2. The number of aromatic nitrogens is 3. The second kappa shape index (κ2) is 5.85. The zero-order valence-electron chi connectivity index (χ0n) is 13.7. The van der Waals surface area contributed by atoms with Gasteiger partial charge in [-0.15, -0.1) is 0 Å². The summed E-state index contributed by atoms with van der Waals surface area (Å²) in [4.78, 5) is 7.67. The third-order valence-electron chi connectivity index (χ3n) is 4.35. The van der Waals surface area contributed by atoms with E-state index >= 15 is 0 Å². The van der Waals surface area contributed by atoms with Gasteiger partial charge >= 0.3 is 0 Å². The highest BCUT2D eigenvalue weighted by Gasteiger charge is 2.10. The van der Waals surface area contributed by atoms with Gasteiger partial charge in [0.15, 0.2) is 0 Å². The van der Waals surface area contributed by atoms with Gasteiger partial charge in [-0.2, -0.15) is 5.10 Å². The van der Waals surface area contributed by atoms with Crippen molar-refractivity contribution in [3.8, 4) is 0 Å². The lowest BCUT2D eigenvalue weighted by Crippen LogP contribution is -1.98. The first-order valence-electron chi connectivity index (χ1n) is 8.09. The molecule has 0 saturated heterocycles. The van der Waals surface area contributed by atoms with Crippen LogP contribution in [0.1, 0.15) is 18.2 Å². The maximum absolute atomic E-state index is 4.46. The number of aryl methyl sites for hydroxylation is 1. The van der Waals surface area contributed by atoms with Gasteiger partial charge in [-0.3, -0.25) is 0 Å². The van der Waals surface area contributed by atoms with Crippen molar-refractivity contribution in [2.45, 2.75) is 20.4 Å². The first-order chi connectivity index (χ1) is 11.8. The van der Waals surface area contributed by atoms with E-state index in [1.54, 1.807) is 0 Å². The summed E-state index contributed by atoms with van der Waals surface area (Å²) in [5.41, 5.74) is 8.51. The van der Waals surface area contributed by atoms with Crippen LogP contribution in [0.15, 0.2) is 53.6 Å². The second-order valence-electron chi connectivity index (χ2n) is 5.73. The molecule has 2 heterocycles. The van der Waals surface area contributed by atoms with Crippen molar-refractivity contribution in [3.63, 3.8) is 0 Å². The van der Waals surface area contributed by atoms with Gasteiger partial charge < -0.3 is 9.55 Å². The Balaban J connectivity index is 1.66. The molecule has 2 aromatic heterocycles. The predicted molar refractivity (Wildman–Crippen MR) is 99.7 cm³/mol. The summed E-state index contributed by atoms with van der Waals surface area (Å²) in [7, 11) is 0. The van der Waals surface area contributed by atoms with Gasteiger partial charge in [0.05, 0.1) is 17.2 Å². The van der Waals surface area contributed by atoms with E-state index in [0.717, 1.165) is 23.1 Å². The Morgan fingerprint density at radius 2 is 1.96 bits per heavy atom. The normalized spacial score (nSPS) is 11.8. The average Bonchev–Trinajstić information content (AvgIpc) is 3.13. The number of imidazole rings is 1. The molecule has 4 rings (SSSR count). The SMILES string of the molecule is CCn1c(C)c(/C=N/Nc2nc3ccccc3[nH]2)c2ccccc21. The number of rotatable bonds is 4. The number of para-hydroxylation sites is 3. The summed E-state index contributed by atoms with van der Waals surface area (Å²) < 4.78 is 2.30. The molecular weight excluding hydrogens is 298 g/mol. The topological polar surface area (TPSA) is 58.0 Å². The lowest BCUT2D eigenvalue weighted by molar-refractivity contribution is 0.769. The van der Waals surface area contributed by atoms with E-state index in [1.165, 1.54) is 16.6 Å². The van der Waals surface area contributed by atoms with Crippen LogP contribution in [0.25, 0.3) is 21.9 Å². The monoisotopic (exact) mass is 317 g/mol. The minimum Gasteiger partial charge on any atom is -0.344 e. The quantitative estimate of drug-likeness (QED) is 0.436. The fourth-order valence-electron chi connectivity index (χ4n) is 3.19. The van der Waals surface area contributed by atoms with Crippen LogP contribution in [0.5, 0.6) is 0 Å². The third-order valence-corrected chi connectivity index (χ3v) is 4.35. The van der Waals surface area contributed by atoms with Crippen molar-refractivity contribution in [2.24, 2.45) is 5.10 Å². The van der Waals surface area contributed by atoms with Crippen molar-refractivity contribution in [2.75, 3.05) is 5.43 Å². The maximum Gasteiger partial charge on any atom is 0.222 e. The molecule has 0 fully saturated rings. The van der Waals surface area contributed by atoms with Crippen LogP contribution in [0.4, 0.5) is 5.95 Å². The molecule has 4 aromatic rings. The summed E-state index contributed by atoms with van der Waals surface area (Å²) >= 11 is 0. The third kappa shape index (κ3) is 2.34. The number of hydrogen-bond acceptors (Lipinski definition) is 3. The molecule has 0 aliphatic carbocycles. The molecule has 0 radical (unpaired) electrons. The van der Waals surface area contributed by atoms with Crippen molar-refractivity contribution in [1.29, 1.82) is 0 Å². The summed E-state index contributed by atoms with van der Waals surface area (Å²) in [6, 6.07) is 16.3. The largest absolute Gasteiger partial charge is 0.344 e.